The molecule has 0 rings (SSSR count). The SMILES string of the molecule is O=[Se](=O)(O)O[SeH]. The molecule has 0 aliphatic carbocycles. The summed E-state index contributed by atoms with van der Waals surface area (Å²) in [4.78, 5) is 0. The van der Waals surface area contributed by atoms with E-state index in [2.05, 4.69) is 2.90 Å². The fourth-order valence-electron chi connectivity index (χ4n) is 0. The van der Waals surface area contributed by atoms with Crippen LogP contribution in [-0.2, 0) is 10.6 Å². The van der Waals surface area contributed by atoms with E-state index >= 15 is 0 Å². The summed E-state index contributed by atoms with van der Waals surface area (Å²) < 4.78 is 29.9. The van der Waals surface area contributed by atoms with Crippen molar-refractivity contribution in [2.45, 2.75) is 0 Å². The maximum atomic E-state index is 9.39. The average Bonchev–Trinajstić information content (AvgIpc) is 1.35. The maximum absolute atomic E-state index is 9.39. The van der Waals surface area contributed by atoms with E-state index in [1.807, 2.05) is 0 Å². The summed E-state index contributed by atoms with van der Waals surface area (Å²) in [5.41, 5.74) is 0. The zero-order valence-electron chi connectivity index (χ0n) is 2.53. The van der Waals surface area contributed by atoms with E-state index in [1.165, 1.54) is 16.3 Å². The van der Waals surface area contributed by atoms with Crippen LogP contribution in [0.5, 0.6) is 0 Å². The molecule has 6 heteroatoms. The van der Waals surface area contributed by atoms with E-state index < -0.39 is 13.4 Å². The van der Waals surface area contributed by atoms with Crippen molar-refractivity contribution in [3.8, 4) is 0 Å². The zero-order valence-corrected chi connectivity index (χ0v) is 6.12. The third kappa shape index (κ3) is 4.56. The molecule has 0 amide bonds. The van der Waals surface area contributed by atoms with Crippen LogP contribution in [0.2, 0.25) is 0 Å². The van der Waals surface area contributed by atoms with E-state index in [4.69, 9.17) is 4.19 Å². The van der Waals surface area contributed by atoms with E-state index in [0.717, 1.165) is 0 Å². The molecule has 0 saturated carbocycles. The van der Waals surface area contributed by atoms with Crippen LogP contribution in [0.25, 0.3) is 0 Å². The number of hydrogen-bond acceptors (Lipinski definition) is 3. The summed E-state index contributed by atoms with van der Waals surface area (Å²) in [6, 6.07) is 0. The van der Waals surface area contributed by atoms with Crippen molar-refractivity contribution in [2.24, 2.45) is 0 Å². The molecular weight excluding hydrogens is 222 g/mol. The zero-order chi connectivity index (χ0) is 5.21. The first-order valence-electron chi connectivity index (χ1n) is 0.865. The normalized spacial score (nSPS) is 11.7. The molecule has 4 nitrogen and oxygen atoms in total. The predicted molar refractivity (Wildman–Crippen MR) is 17.6 cm³/mol. The molecule has 1 N–H and O–H groups in total. The summed E-state index contributed by atoms with van der Waals surface area (Å²) in [6.45, 7) is 0. The van der Waals surface area contributed by atoms with Gasteiger partial charge >= 0.3 is 44.5 Å². The van der Waals surface area contributed by atoms with Crippen molar-refractivity contribution in [3.63, 3.8) is 0 Å². The fourth-order valence-corrected chi connectivity index (χ4v) is 0. The number of hydrogen-bond donors (Lipinski definition) is 1. The summed E-state index contributed by atoms with van der Waals surface area (Å²) in [5.74, 6) is 0. The molecule has 38 valence electrons. The van der Waals surface area contributed by atoms with Crippen molar-refractivity contribution in [1.29, 1.82) is 0 Å². The quantitative estimate of drug-likeness (QED) is 0.529. The van der Waals surface area contributed by atoms with Crippen LogP contribution in [0, 0.1) is 0 Å². The second-order valence-corrected chi connectivity index (χ2v) is 4.24. The van der Waals surface area contributed by atoms with Crippen molar-refractivity contribution in [3.05, 3.63) is 0 Å². The predicted octanol–water partition coefficient (Wildman–Crippen LogP) is -1.89. The first kappa shape index (κ1) is 6.56. The molecule has 0 unspecified atom stereocenters. The minimum absolute atomic E-state index is 1.29. The molecule has 0 heterocycles. The molecule has 0 radical (unpaired) electrons. The Morgan fingerprint density at radius 1 is 1.67 bits per heavy atom. The summed E-state index contributed by atoms with van der Waals surface area (Å²) in [7, 11) is 0. The topological polar surface area (TPSA) is 63.6 Å². The molecule has 6 heavy (non-hydrogen) atoms. The minimum atomic E-state index is -4.81. The van der Waals surface area contributed by atoms with Gasteiger partial charge in [-0.3, -0.25) is 0 Å². The second-order valence-electron chi connectivity index (χ2n) is 0.502. The molecule has 0 atom stereocenters. The Bertz CT molecular complexity index is 108. The van der Waals surface area contributed by atoms with E-state index in [9.17, 15) is 7.67 Å². The molecule has 0 fully saturated rings. The van der Waals surface area contributed by atoms with Crippen LogP contribution >= 0.6 is 0 Å². The Morgan fingerprint density at radius 3 is 1.83 bits per heavy atom. The molecule has 0 aliphatic rings. The molecule has 0 spiro atoms. The fraction of sp³-hybridized carbons (Fsp3) is 0. The standard InChI is InChI=1S/H2O4Se2/c1-6(2,3)4-5/h5H,(H,1,2,3). The molecule has 0 aliphatic heterocycles. The summed E-state index contributed by atoms with van der Waals surface area (Å²) >= 11 is -3.52. The van der Waals surface area contributed by atoms with Gasteiger partial charge in [-0.1, -0.05) is 0 Å². The van der Waals surface area contributed by atoms with Crippen molar-refractivity contribution in [2.75, 3.05) is 0 Å². The summed E-state index contributed by atoms with van der Waals surface area (Å²) in [6.07, 6.45) is 0. The molecular formula is H2O4Se2. The average molecular weight is 224 g/mol. The van der Waals surface area contributed by atoms with E-state index in [-0.39, 0.29) is 0 Å². The van der Waals surface area contributed by atoms with Gasteiger partial charge in [-0.25, -0.2) is 0 Å². The first-order valence-corrected chi connectivity index (χ1v) is 4.50. The van der Waals surface area contributed by atoms with Gasteiger partial charge in [-0.15, -0.1) is 0 Å². The van der Waals surface area contributed by atoms with Crippen LogP contribution in [0.4, 0.5) is 0 Å². The number of rotatable bonds is 1. The Kier molecular flexibility index (Phi) is 2.21. The Balaban J connectivity index is 3.85. The molecule has 0 aromatic carbocycles. The van der Waals surface area contributed by atoms with Crippen molar-refractivity contribution >= 4 is 29.7 Å². The Labute approximate surface area is 44.9 Å². The van der Waals surface area contributed by atoms with E-state index in [1.54, 1.807) is 0 Å². The van der Waals surface area contributed by atoms with Gasteiger partial charge in [0.2, 0.25) is 0 Å². The van der Waals surface area contributed by atoms with Gasteiger partial charge in [0, 0.05) is 0 Å². The Hall–Kier alpha value is 0.559. The van der Waals surface area contributed by atoms with Crippen LogP contribution in [0.1, 0.15) is 0 Å². The van der Waals surface area contributed by atoms with Gasteiger partial charge < -0.3 is 0 Å². The van der Waals surface area contributed by atoms with Crippen molar-refractivity contribution in [1.82, 2.24) is 0 Å². The van der Waals surface area contributed by atoms with Gasteiger partial charge in [-0.2, -0.15) is 0 Å². The van der Waals surface area contributed by atoms with Gasteiger partial charge in [-0.05, 0) is 0 Å². The van der Waals surface area contributed by atoms with Gasteiger partial charge in [0.1, 0.15) is 0 Å². The molecule has 0 aromatic heterocycles. The molecule has 0 bridgehead atoms. The summed E-state index contributed by atoms with van der Waals surface area (Å²) in [5, 5.41) is 0. The second kappa shape index (κ2) is 2.02. The van der Waals surface area contributed by atoms with E-state index in [0.29, 0.717) is 0 Å². The van der Waals surface area contributed by atoms with Gasteiger partial charge in [0.15, 0.2) is 0 Å². The third-order valence-electron chi connectivity index (χ3n) is 0.0942. The van der Waals surface area contributed by atoms with Crippen LogP contribution < -0.4 is 0 Å². The van der Waals surface area contributed by atoms with Gasteiger partial charge in [0.25, 0.3) is 0 Å². The third-order valence-corrected chi connectivity index (χ3v) is 2.54. The van der Waals surface area contributed by atoms with Crippen LogP contribution in [-0.4, -0.2) is 33.9 Å². The van der Waals surface area contributed by atoms with Crippen LogP contribution in [0.15, 0.2) is 0 Å². The van der Waals surface area contributed by atoms with Gasteiger partial charge in [0.05, 0.1) is 0 Å². The van der Waals surface area contributed by atoms with Crippen LogP contribution in [0.3, 0.4) is 0 Å². The first-order chi connectivity index (χ1) is 2.56. The molecule has 0 aromatic rings. The van der Waals surface area contributed by atoms with Crippen molar-refractivity contribution < 1.29 is 14.8 Å². The molecule has 0 saturated heterocycles. The Morgan fingerprint density at radius 2 is 1.83 bits per heavy atom. The monoisotopic (exact) mass is 226 g/mol.